The van der Waals surface area contributed by atoms with Gasteiger partial charge in [-0.25, -0.2) is 9.97 Å². The molecule has 1 N–H and O–H groups in total. The molecule has 3 aromatic heterocycles. The van der Waals surface area contributed by atoms with Crippen LogP contribution in [0.15, 0.2) is 18.5 Å². The number of hydrogen-bond donors (Lipinski definition) is 1. The number of nitrogens with one attached hydrogen (secondary N) is 1. The highest BCUT2D eigenvalue weighted by molar-refractivity contribution is 6.01. The van der Waals surface area contributed by atoms with Crippen molar-refractivity contribution in [3.05, 3.63) is 24.3 Å². The number of H-pyrrole nitrogens is 1. The van der Waals surface area contributed by atoms with Crippen LogP contribution in [0.3, 0.4) is 0 Å². The Labute approximate surface area is 162 Å². The number of nitrogens with zero attached hydrogens (tertiary/aromatic N) is 4. The lowest BCUT2D eigenvalue weighted by atomic mass is 9.56. The number of rotatable bonds is 4. The SMILES string of the molecule is COC(=O)Cc1nc2cnc3[nH]ccc3c2n1C12CCC(CC#N)(CC1)CC2. The Morgan fingerprint density at radius 1 is 1.32 bits per heavy atom. The van der Waals surface area contributed by atoms with E-state index < -0.39 is 0 Å². The molecule has 0 amide bonds. The minimum absolute atomic E-state index is 0.0547. The minimum Gasteiger partial charge on any atom is -0.469 e. The third kappa shape index (κ3) is 2.37. The van der Waals surface area contributed by atoms with Crippen LogP contribution < -0.4 is 0 Å². The molecule has 6 rings (SSSR count). The van der Waals surface area contributed by atoms with E-state index in [1.807, 2.05) is 12.3 Å². The summed E-state index contributed by atoms with van der Waals surface area (Å²) in [5.74, 6) is 0.476. The number of esters is 1. The van der Waals surface area contributed by atoms with Crippen molar-refractivity contribution in [3.63, 3.8) is 0 Å². The van der Waals surface area contributed by atoms with Gasteiger partial charge in [-0.3, -0.25) is 4.79 Å². The number of carbonyl (C=O) groups is 1. The first kappa shape index (κ1) is 17.2. The van der Waals surface area contributed by atoms with Gasteiger partial charge in [-0.1, -0.05) is 0 Å². The number of imidazole rings is 1. The van der Waals surface area contributed by atoms with Crippen LogP contribution in [0, 0.1) is 16.7 Å². The fourth-order valence-electron chi connectivity index (χ4n) is 5.46. The first-order valence-electron chi connectivity index (χ1n) is 9.87. The summed E-state index contributed by atoms with van der Waals surface area (Å²) in [4.78, 5) is 24.6. The van der Waals surface area contributed by atoms with E-state index in [0.29, 0.717) is 6.42 Å². The normalized spacial score (nSPS) is 26.6. The summed E-state index contributed by atoms with van der Waals surface area (Å²) >= 11 is 0. The fraction of sp³-hybridized carbons (Fsp3) is 0.524. The first-order valence-corrected chi connectivity index (χ1v) is 9.87. The molecule has 0 spiro atoms. The van der Waals surface area contributed by atoms with Crippen LogP contribution in [-0.4, -0.2) is 32.6 Å². The highest BCUT2D eigenvalue weighted by Gasteiger charge is 2.50. The van der Waals surface area contributed by atoms with Gasteiger partial charge in [0, 0.05) is 23.5 Å². The highest BCUT2D eigenvalue weighted by Crippen LogP contribution is 2.58. The van der Waals surface area contributed by atoms with Gasteiger partial charge >= 0.3 is 5.97 Å². The van der Waals surface area contributed by atoms with E-state index in [4.69, 9.17) is 9.72 Å². The van der Waals surface area contributed by atoms with E-state index in [9.17, 15) is 10.1 Å². The Kier molecular flexibility index (Phi) is 3.73. The zero-order valence-corrected chi connectivity index (χ0v) is 16.0. The Hall–Kier alpha value is -2.88. The van der Waals surface area contributed by atoms with Gasteiger partial charge in [0.05, 0.1) is 24.9 Å². The number of nitriles is 1. The number of aromatic nitrogens is 4. The van der Waals surface area contributed by atoms with Crippen LogP contribution in [0.4, 0.5) is 0 Å². The molecule has 3 aliphatic rings. The second-order valence-electron chi connectivity index (χ2n) is 8.41. The maximum Gasteiger partial charge on any atom is 0.313 e. The number of aromatic amines is 1. The predicted molar refractivity (Wildman–Crippen MR) is 103 cm³/mol. The van der Waals surface area contributed by atoms with E-state index in [-0.39, 0.29) is 23.3 Å². The lowest BCUT2D eigenvalue weighted by molar-refractivity contribution is -0.140. The summed E-state index contributed by atoms with van der Waals surface area (Å²) in [7, 11) is 1.41. The van der Waals surface area contributed by atoms with Gasteiger partial charge in [-0.2, -0.15) is 5.26 Å². The van der Waals surface area contributed by atoms with Crippen LogP contribution in [0.5, 0.6) is 0 Å². The lowest BCUT2D eigenvalue weighted by Crippen LogP contribution is -2.48. The van der Waals surface area contributed by atoms with Gasteiger partial charge in [-0.05, 0) is 50.0 Å². The quantitative estimate of drug-likeness (QED) is 0.701. The Bertz CT molecular complexity index is 1090. The molecule has 0 aliphatic heterocycles. The molecular weight excluding hydrogens is 354 g/mol. The number of fused-ring (bicyclic) bond motifs is 6. The summed E-state index contributed by atoms with van der Waals surface area (Å²) in [6.07, 6.45) is 10.7. The summed E-state index contributed by atoms with van der Waals surface area (Å²) < 4.78 is 7.27. The number of methoxy groups -OCH3 is 1. The number of hydrogen-bond acceptors (Lipinski definition) is 5. The molecule has 7 nitrogen and oxygen atoms in total. The molecular formula is C21H23N5O2. The van der Waals surface area contributed by atoms with Gasteiger partial charge in [0.15, 0.2) is 0 Å². The van der Waals surface area contributed by atoms with E-state index in [0.717, 1.165) is 66.4 Å². The second-order valence-corrected chi connectivity index (χ2v) is 8.41. The van der Waals surface area contributed by atoms with Crippen molar-refractivity contribution < 1.29 is 9.53 Å². The molecule has 3 aromatic rings. The third-order valence-electron chi connectivity index (χ3n) is 7.09. The molecule has 3 saturated carbocycles. The van der Waals surface area contributed by atoms with Crippen molar-refractivity contribution in [2.45, 2.75) is 56.9 Å². The van der Waals surface area contributed by atoms with Crippen LogP contribution >= 0.6 is 0 Å². The molecule has 3 fully saturated rings. The molecule has 0 aromatic carbocycles. The highest BCUT2D eigenvalue weighted by atomic mass is 16.5. The van der Waals surface area contributed by atoms with Crippen molar-refractivity contribution in [2.75, 3.05) is 7.11 Å². The van der Waals surface area contributed by atoms with Gasteiger partial charge in [0.1, 0.15) is 23.4 Å². The van der Waals surface area contributed by atoms with Crippen LogP contribution in [0.25, 0.3) is 22.1 Å². The zero-order chi connectivity index (χ0) is 19.4. The van der Waals surface area contributed by atoms with Crippen molar-refractivity contribution in [1.29, 1.82) is 5.26 Å². The molecule has 2 bridgehead atoms. The lowest BCUT2D eigenvalue weighted by Gasteiger charge is -2.54. The van der Waals surface area contributed by atoms with E-state index in [1.54, 1.807) is 6.20 Å². The van der Waals surface area contributed by atoms with Crippen molar-refractivity contribution >= 4 is 28.0 Å². The van der Waals surface area contributed by atoms with Crippen molar-refractivity contribution in [3.8, 4) is 6.07 Å². The Morgan fingerprint density at radius 2 is 2.07 bits per heavy atom. The van der Waals surface area contributed by atoms with Gasteiger partial charge in [-0.15, -0.1) is 0 Å². The molecule has 28 heavy (non-hydrogen) atoms. The van der Waals surface area contributed by atoms with E-state index >= 15 is 0 Å². The maximum atomic E-state index is 12.1. The molecule has 144 valence electrons. The summed E-state index contributed by atoms with van der Waals surface area (Å²) in [5, 5.41) is 10.3. The van der Waals surface area contributed by atoms with Crippen LogP contribution in [0.2, 0.25) is 0 Å². The molecule has 3 aliphatic carbocycles. The molecule has 0 unspecified atom stereocenters. The van der Waals surface area contributed by atoms with Gasteiger partial charge in [0.2, 0.25) is 0 Å². The molecule has 7 heteroatoms. The Balaban J connectivity index is 1.69. The number of ether oxygens (including phenoxy) is 1. The smallest absolute Gasteiger partial charge is 0.313 e. The minimum atomic E-state index is -0.281. The maximum absolute atomic E-state index is 12.1. The van der Waals surface area contributed by atoms with Crippen molar-refractivity contribution in [2.24, 2.45) is 5.41 Å². The molecule has 0 atom stereocenters. The fourth-order valence-corrected chi connectivity index (χ4v) is 5.46. The molecule has 0 radical (unpaired) electrons. The van der Waals surface area contributed by atoms with E-state index in [2.05, 4.69) is 20.6 Å². The summed E-state index contributed by atoms with van der Waals surface area (Å²) in [6.45, 7) is 0. The molecule has 3 heterocycles. The monoisotopic (exact) mass is 377 g/mol. The second kappa shape index (κ2) is 6.06. The van der Waals surface area contributed by atoms with Crippen molar-refractivity contribution in [1.82, 2.24) is 19.5 Å². The van der Waals surface area contributed by atoms with E-state index in [1.165, 1.54) is 7.11 Å². The topological polar surface area (TPSA) is 96.6 Å². The third-order valence-corrected chi connectivity index (χ3v) is 7.09. The standard InChI is InChI=1S/C21H23N5O2/c1-28-17(27)12-16-25-15-13-24-19-14(2-11-23-19)18(15)26(16)21-6-3-20(4-7-21,5-8-21)9-10-22/h2,11,13H,3-9,12H2,1H3,(H,23,24). The first-order chi connectivity index (χ1) is 13.6. The van der Waals surface area contributed by atoms with Gasteiger partial charge < -0.3 is 14.3 Å². The number of carbonyl (C=O) groups excluding carboxylic acids is 1. The Morgan fingerprint density at radius 3 is 2.75 bits per heavy atom. The van der Waals surface area contributed by atoms with Crippen LogP contribution in [-0.2, 0) is 21.5 Å². The average molecular weight is 377 g/mol. The van der Waals surface area contributed by atoms with Crippen LogP contribution in [0.1, 0.15) is 50.8 Å². The average Bonchev–Trinajstić information content (AvgIpc) is 3.33. The molecule has 0 saturated heterocycles. The summed E-state index contributed by atoms with van der Waals surface area (Å²) in [5.41, 5.74) is 2.83. The zero-order valence-electron chi connectivity index (χ0n) is 16.0. The predicted octanol–water partition coefficient (Wildman–Crippen LogP) is 3.59. The van der Waals surface area contributed by atoms with Gasteiger partial charge in [0.25, 0.3) is 0 Å². The largest absolute Gasteiger partial charge is 0.469 e. The summed E-state index contributed by atoms with van der Waals surface area (Å²) in [6, 6.07) is 4.44. The number of pyridine rings is 1.